The molecule has 0 aliphatic rings. The second kappa shape index (κ2) is 22.9. The van der Waals surface area contributed by atoms with Gasteiger partial charge in [-0.25, -0.2) is 24.9 Å². The summed E-state index contributed by atoms with van der Waals surface area (Å²) in [5.74, 6) is 1.96. The van der Waals surface area contributed by atoms with Gasteiger partial charge in [0.2, 0.25) is 29.6 Å². The quantitative estimate of drug-likeness (QED) is 0.0781. The first kappa shape index (κ1) is 49.9. The summed E-state index contributed by atoms with van der Waals surface area (Å²) in [6, 6.07) is 38.4. The standard InChI is InChI=1S/C33H31N5O3.C25H23N5O2/c1-5-30(39)38(6-2)27-9-7-8-26(19-27)36-33-35-20-25-18-24(12-15-29(25)37-33)31-22(3)16-17-34-32(31)41-21-23-10-13-28(40-4)14-11-23;1-4-22(31)30(5-2)20-8-6-7-19(14-20)28-25-27-15-18-13-17(9-10-21(18)29-25)23-16(3)11-12-26-24(23)32/h5,7-20H,1,6,21H2,2-4H3,(H,35,36,37);4,6-15H,1,5H2,2-3H3,(H,26,32)(H,27,28,29). The molecule has 3 N–H and O–H groups in total. The Morgan fingerprint density at radius 1 is 0.658 bits per heavy atom. The summed E-state index contributed by atoms with van der Waals surface area (Å²) in [5, 5.41) is 8.17. The second-order valence-corrected chi connectivity index (χ2v) is 16.7. The number of ether oxygens (including phenoxy) is 2. The maximum absolute atomic E-state index is 12.3. The third kappa shape index (κ3) is 11.8. The number of hydrogen-bond donors (Lipinski definition) is 3. The molecule has 0 unspecified atom stereocenters. The molecule has 15 heteroatoms. The second-order valence-electron chi connectivity index (χ2n) is 16.7. The van der Waals surface area contributed by atoms with E-state index < -0.39 is 0 Å². The van der Waals surface area contributed by atoms with E-state index in [1.807, 2.05) is 149 Å². The van der Waals surface area contributed by atoms with Crippen LogP contribution in [0.5, 0.6) is 11.6 Å². The molecule has 73 heavy (non-hydrogen) atoms. The van der Waals surface area contributed by atoms with Crippen molar-refractivity contribution < 1.29 is 19.1 Å². The molecular weight excluding hydrogens is 917 g/mol. The fourth-order valence-electron chi connectivity index (χ4n) is 8.21. The number of nitrogens with one attached hydrogen (secondary N) is 3. The molecule has 0 aliphatic carbocycles. The van der Waals surface area contributed by atoms with E-state index in [-0.39, 0.29) is 17.4 Å². The summed E-state index contributed by atoms with van der Waals surface area (Å²) in [6.45, 7) is 16.4. The zero-order chi connectivity index (χ0) is 51.4. The number of likely N-dealkylation sites (N-methyl/N-ethyl adjacent to an activating group) is 2. The van der Waals surface area contributed by atoms with Crippen molar-refractivity contribution in [3.63, 3.8) is 0 Å². The summed E-state index contributed by atoms with van der Waals surface area (Å²) in [4.78, 5) is 65.3. The Morgan fingerprint density at radius 3 is 1.70 bits per heavy atom. The number of carbonyl (C=O) groups excluding carboxylic acids is 2. The molecule has 0 bridgehead atoms. The van der Waals surface area contributed by atoms with Crippen LogP contribution in [-0.2, 0) is 16.2 Å². The zero-order valence-corrected chi connectivity index (χ0v) is 41.2. The number of H-pyrrole nitrogens is 1. The number of fused-ring (bicyclic) bond motifs is 2. The first-order chi connectivity index (χ1) is 35.5. The Balaban J connectivity index is 0.000000201. The van der Waals surface area contributed by atoms with E-state index in [0.717, 1.165) is 83.7 Å². The monoisotopic (exact) mass is 970 g/mol. The fraction of sp³-hybridized carbons (Fsp3) is 0.138. The van der Waals surface area contributed by atoms with Crippen molar-refractivity contribution in [2.75, 3.05) is 40.6 Å². The van der Waals surface area contributed by atoms with Gasteiger partial charge in [0.25, 0.3) is 5.56 Å². The molecule has 2 amide bonds. The average molecular weight is 971 g/mol. The van der Waals surface area contributed by atoms with Gasteiger partial charge in [0.15, 0.2) is 0 Å². The van der Waals surface area contributed by atoms with E-state index in [2.05, 4.69) is 48.7 Å². The Kier molecular flexibility index (Phi) is 15.7. The lowest BCUT2D eigenvalue weighted by molar-refractivity contribution is -0.114. The van der Waals surface area contributed by atoms with Crippen molar-refractivity contribution in [3.05, 3.63) is 198 Å². The summed E-state index contributed by atoms with van der Waals surface area (Å²) in [5.41, 5.74) is 10.8. The van der Waals surface area contributed by atoms with E-state index in [4.69, 9.17) is 14.5 Å². The minimum absolute atomic E-state index is 0.125. The van der Waals surface area contributed by atoms with Crippen LogP contribution in [0.2, 0.25) is 0 Å². The van der Waals surface area contributed by atoms with Crippen molar-refractivity contribution in [1.29, 1.82) is 0 Å². The highest BCUT2D eigenvalue weighted by Crippen LogP contribution is 2.34. The molecule has 366 valence electrons. The lowest BCUT2D eigenvalue weighted by atomic mass is 10.0. The molecule has 4 aromatic heterocycles. The van der Waals surface area contributed by atoms with Crippen LogP contribution in [-0.4, -0.2) is 61.9 Å². The van der Waals surface area contributed by atoms with Crippen LogP contribution in [0.15, 0.2) is 176 Å². The molecule has 0 fully saturated rings. The van der Waals surface area contributed by atoms with Crippen LogP contribution in [0.4, 0.5) is 34.6 Å². The van der Waals surface area contributed by atoms with Crippen molar-refractivity contribution in [2.45, 2.75) is 34.3 Å². The molecule has 9 rings (SSSR count). The molecule has 5 aromatic carbocycles. The van der Waals surface area contributed by atoms with E-state index >= 15 is 0 Å². The number of aryl methyl sites for hydroxylation is 2. The van der Waals surface area contributed by atoms with Gasteiger partial charge in [0, 0.05) is 82.5 Å². The fourth-order valence-corrected chi connectivity index (χ4v) is 8.21. The molecule has 9 aromatic rings. The van der Waals surface area contributed by atoms with Gasteiger partial charge in [-0.2, -0.15) is 0 Å². The summed E-state index contributed by atoms with van der Waals surface area (Å²) in [7, 11) is 1.65. The maximum atomic E-state index is 12.3. The molecule has 15 nitrogen and oxygen atoms in total. The molecule has 0 atom stereocenters. The SMILES string of the molecule is C=CC(=O)N(CC)c1cccc(Nc2ncc3cc(-c4c(C)cc[nH]c4=O)ccc3n2)c1.C=CC(=O)N(CC)c1cccc(Nc2ncc3cc(-c4c(C)ccnc4OCc4ccc(OC)cc4)ccc3n2)c1. The molecule has 4 heterocycles. The molecule has 0 radical (unpaired) electrons. The largest absolute Gasteiger partial charge is 0.497 e. The number of carbonyl (C=O) groups is 2. The lowest BCUT2D eigenvalue weighted by Gasteiger charge is -2.20. The topological polar surface area (TPSA) is 180 Å². The third-order valence-corrected chi connectivity index (χ3v) is 11.9. The minimum atomic E-state index is -0.158. The third-order valence-electron chi connectivity index (χ3n) is 11.9. The number of methoxy groups -OCH3 is 1. The normalized spacial score (nSPS) is 10.7. The Bertz CT molecular complexity index is 3540. The van der Waals surface area contributed by atoms with Gasteiger partial charge in [-0.15, -0.1) is 0 Å². The lowest BCUT2D eigenvalue weighted by Crippen LogP contribution is -2.28. The van der Waals surface area contributed by atoms with Gasteiger partial charge < -0.3 is 34.9 Å². The van der Waals surface area contributed by atoms with Crippen LogP contribution in [0.1, 0.15) is 30.5 Å². The summed E-state index contributed by atoms with van der Waals surface area (Å²) in [6.07, 6.45) is 9.53. The zero-order valence-electron chi connectivity index (χ0n) is 41.2. The van der Waals surface area contributed by atoms with Crippen LogP contribution in [0, 0.1) is 13.8 Å². The molecule has 0 saturated carbocycles. The van der Waals surface area contributed by atoms with E-state index in [9.17, 15) is 14.4 Å². The number of benzene rings is 5. The van der Waals surface area contributed by atoms with Gasteiger partial charge in [-0.3, -0.25) is 14.4 Å². The van der Waals surface area contributed by atoms with Gasteiger partial charge >= 0.3 is 0 Å². The van der Waals surface area contributed by atoms with Crippen molar-refractivity contribution in [1.82, 2.24) is 29.9 Å². The number of hydrogen-bond acceptors (Lipinski definition) is 12. The predicted molar refractivity (Wildman–Crippen MR) is 291 cm³/mol. The predicted octanol–water partition coefficient (Wildman–Crippen LogP) is 11.4. The number of amides is 2. The first-order valence-corrected chi connectivity index (χ1v) is 23.5. The van der Waals surface area contributed by atoms with Crippen molar-refractivity contribution >= 4 is 68.3 Å². The van der Waals surface area contributed by atoms with Gasteiger partial charge in [0.05, 0.1) is 18.1 Å². The number of rotatable bonds is 16. The summed E-state index contributed by atoms with van der Waals surface area (Å²) < 4.78 is 11.4. The molecular formula is C58H54N10O5. The van der Waals surface area contributed by atoms with E-state index in [1.165, 1.54) is 12.2 Å². The van der Waals surface area contributed by atoms with Crippen LogP contribution < -0.4 is 35.5 Å². The number of aromatic amines is 1. The van der Waals surface area contributed by atoms with E-state index in [0.29, 0.717) is 43.0 Å². The van der Waals surface area contributed by atoms with Gasteiger partial charge in [0.1, 0.15) is 12.4 Å². The van der Waals surface area contributed by atoms with Crippen molar-refractivity contribution in [3.8, 4) is 33.9 Å². The highest BCUT2D eigenvalue weighted by molar-refractivity contribution is 6.02. The van der Waals surface area contributed by atoms with Gasteiger partial charge in [-0.1, -0.05) is 49.6 Å². The van der Waals surface area contributed by atoms with Crippen LogP contribution in [0.25, 0.3) is 44.1 Å². The highest BCUT2D eigenvalue weighted by atomic mass is 16.5. The number of pyridine rings is 2. The molecule has 0 spiro atoms. The van der Waals surface area contributed by atoms with E-state index in [1.54, 1.807) is 41.7 Å². The van der Waals surface area contributed by atoms with Gasteiger partial charge in [-0.05, 0) is 153 Å². The first-order valence-electron chi connectivity index (χ1n) is 23.5. The van der Waals surface area contributed by atoms with Crippen molar-refractivity contribution in [2.24, 2.45) is 0 Å². The smallest absolute Gasteiger partial charge is 0.256 e. The Hall–Kier alpha value is -9.50. The molecule has 0 aliphatic heterocycles. The number of aromatic nitrogens is 6. The highest BCUT2D eigenvalue weighted by Gasteiger charge is 2.16. The number of anilines is 6. The molecule has 0 saturated heterocycles. The minimum Gasteiger partial charge on any atom is -0.497 e. The summed E-state index contributed by atoms with van der Waals surface area (Å²) >= 11 is 0. The number of nitrogens with zero attached hydrogens (tertiary/aromatic N) is 7. The average Bonchev–Trinajstić information content (AvgIpc) is 3.41. The maximum Gasteiger partial charge on any atom is 0.256 e. The van der Waals surface area contributed by atoms with Crippen LogP contribution >= 0.6 is 0 Å². The Labute approximate surface area is 423 Å². The van der Waals surface area contributed by atoms with Crippen LogP contribution in [0.3, 0.4) is 0 Å². The Morgan fingerprint density at radius 2 is 1.19 bits per heavy atom.